The number of rotatable bonds is 9. The van der Waals surface area contributed by atoms with Gasteiger partial charge in [-0.25, -0.2) is 9.97 Å². The minimum absolute atomic E-state index is 0.0620. The molecule has 1 amide bonds. The first-order valence-electron chi connectivity index (χ1n) is 14.1. The van der Waals surface area contributed by atoms with E-state index in [4.69, 9.17) is 9.47 Å². The number of pyridine rings is 1. The number of hydrogen-bond acceptors (Lipinski definition) is 7. The van der Waals surface area contributed by atoms with Crippen molar-refractivity contribution in [3.8, 4) is 11.6 Å². The molecule has 2 fully saturated rings. The van der Waals surface area contributed by atoms with Crippen LogP contribution in [-0.2, 0) is 15.6 Å². The van der Waals surface area contributed by atoms with Crippen molar-refractivity contribution in [1.82, 2.24) is 24.8 Å². The van der Waals surface area contributed by atoms with Crippen LogP contribution in [0.25, 0.3) is 0 Å². The van der Waals surface area contributed by atoms with E-state index >= 15 is 0 Å². The Bertz CT molecular complexity index is 1070. The zero-order chi connectivity index (χ0) is 27.3. The van der Waals surface area contributed by atoms with Gasteiger partial charge in [-0.3, -0.25) is 9.78 Å². The first-order chi connectivity index (χ1) is 18.0. The number of amides is 1. The maximum absolute atomic E-state index is 11.6. The molecule has 4 heterocycles. The molecule has 8 nitrogen and oxygen atoms in total. The van der Waals surface area contributed by atoms with E-state index in [9.17, 15) is 4.79 Å². The van der Waals surface area contributed by atoms with Gasteiger partial charge in [0, 0.05) is 63.6 Å². The van der Waals surface area contributed by atoms with Gasteiger partial charge in [0.1, 0.15) is 24.3 Å². The number of hydrogen-bond donors (Lipinski definition) is 0. The van der Waals surface area contributed by atoms with E-state index in [0.29, 0.717) is 5.88 Å². The summed E-state index contributed by atoms with van der Waals surface area (Å²) in [7, 11) is 2.17. The van der Waals surface area contributed by atoms with E-state index in [1.807, 2.05) is 23.4 Å². The Morgan fingerprint density at radius 1 is 0.895 bits per heavy atom. The van der Waals surface area contributed by atoms with Crippen molar-refractivity contribution in [2.75, 3.05) is 33.2 Å². The molecule has 38 heavy (non-hydrogen) atoms. The van der Waals surface area contributed by atoms with E-state index in [-0.39, 0.29) is 28.9 Å². The Hall–Kier alpha value is -2.74. The largest absolute Gasteiger partial charge is 0.489 e. The normalized spacial score (nSPS) is 18.4. The summed E-state index contributed by atoms with van der Waals surface area (Å²) >= 11 is 0. The molecule has 2 aromatic rings. The summed E-state index contributed by atoms with van der Waals surface area (Å²) < 4.78 is 12.5. The van der Waals surface area contributed by atoms with Gasteiger partial charge in [0.25, 0.3) is 0 Å². The number of aromatic nitrogens is 3. The van der Waals surface area contributed by atoms with Crippen LogP contribution in [0.3, 0.4) is 0 Å². The summed E-state index contributed by atoms with van der Waals surface area (Å²) in [6, 6.07) is 4.16. The van der Waals surface area contributed by atoms with Crippen LogP contribution >= 0.6 is 0 Å². The van der Waals surface area contributed by atoms with Crippen molar-refractivity contribution in [2.24, 2.45) is 0 Å². The molecule has 0 bridgehead atoms. The van der Waals surface area contributed by atoms with Crippen LogP contribution in [0, 0.1) is 0 Å². The monoisotopic (exact) mass is 523 g/mol. The minimum Gasteiger partial charge on any atom is -0.489 e. The van der Waals surface area contributed by atoms with Gasteiger partial charge in [0.15, 0.2) is 0 Å². The molecule has 2 aliphatic heterocycles. The zero-order valence-corrected chi connectivity index (χ0v) is 24.1. The lowest BCUT2D eigenvalue weighted by Gasteiger charge is -2.33. The summed E-state index contributed by atoms with van der Waals surface area (Å²) in [5.74, 6) is 1.62. The van der Waals surface area contributed by atoms with E-state index in [0.717, 1.165) is 76.1 Å². The second-order valence-electron chi connectivity index (χ2n) is 12.4. The standard InChI is InChI=1S/C30H45N5O3/c1-22(36)35-15-9-25(10-16-35)38-28-18-27(32-21-33-28)30(4,5)12-11-29(2,3)23-17-26(20-31-19-23)37-24-7-13-34(6)14-8-24/h17-21,24-25H,7-16H2,1-6H3. The summed E-state index contributed by atoms with van der Waals surface area (Å²) in [4.78, 5) is 29.4. The smallest absolute Gasteiger partial charge is 0.219 e. The van der Waals surface area contributed by atoms with Gasteiger partial charge < -0.3 is 19.3 Å². The van der Waals surface area contributed by atoms with Crippen molar-refractivity contribution >= 4 is 5.91 Å². The molecule has 0 spiro atoms. The molecular weight excluding hydrogens is 478 g/mol. The molecule has 208 valence electrons. The van der Waals surface area contributed by atoms with Gasteiger partial charge in [-0.1, -0.05) is 27.7 Å². The predicted octanol–water partition coefficient (Wildman–Crippen LogP) is 4.77. The third-order valence-corrected chi connectivity index (χ3v) is 8.35. The highest BCUT2D eigenvalue weighted by molar-refractivity contribution is 5.73. The quantitative estimate of drug-likeness (QED) is 0.468. The van der Waals surface area contributed by atoms with Crippen molar-refractivity contribution < 1.29 is 14.3 Å². The summed E-state index contributed by atoms with van der Waals surface area (Å²) in [6.45, 7) is 14.3. The van der Waals surface area contributed by atoms with Gasteiger partial charge in [-0.2, -0.15) is 0 Å². The Labute approximate surface area is 228 Å². The molecule has 8 heteroatoms. The number of ether oxygens (including phenoxy) is 2. The Kier molecular flexibility index (Phi) is 8.91. The lowest BCUT2D eigenvalue weighted by atomic mass is 9.74. The van der Waals surface area contributed by atoms with E-state index < -0.39 is 0 Å². The van der Waals surface area contributed by atoms with Gasteiger partial charge in [0.05, 0.1) is 11.9 Å². The van der Waals surface area contributed by atoms with E-state index in [1.54, 1.807) is 13.3 Å². The first kappa shape index (κ1) is 28.3. The van der Waals surface area contributed by atoms with Crippen molar-refractivity contribution in [3.05, 3.63) is 42.1 Å². The van der Waals surface area contributed by atoms with E-state index in [2.05, 4.69) is 60.7 Å². The SMILES string of the molecule is CC(=O)N1CCC(Oc2cc(C(C)(C)CCC(C)(C)c3cncc(OC4CCN(C)CC4)c3)ncn2)CC1. The predicted molar refractivity (Wildman–Crippen MR) is 149 cm³/mol. The zero-order valence-electron chi connectivity index (χ0n) is 24.1. The van der Waals surface area contributed by atoms with Gasteiger partial charge in [-0.15, -0.1) is 0 Å². The average Bonchev–Trinajstić information content (AvgIpc) is 2.90. The fraction of sp³-hybridized carbons (Fsp3) is 0.667. The molecule has 0 unspecified atom stereocenters. The topological polar surface area (TPSA) is 80.7 Å². The third kappa shape index (κ3) is 7.43. The first-order valence-corrected chi connectivity index (χ1v) is 14.1. The molecule has 0 aromatic carbocycles. The molecule has 2 aliphatic rings. The van der Waals surface area contributed by atoms with Gasteiger partial charge in [-0.05, 0) is 49.8 Å². The molecule has 0 N–H and O–H groups in total. The Morgan fingerprint density at radius 2 is 1.53 bits per heavy atom. The van der Waals surface area contributed by atoms with Crippen molar-refractivity contribution in [2.45, 2.75) is 96.2 Å². The number of carbonyl (C=O) groups excluding carboxylic acids is 1. The maximum Gasteiger partial charge on any atom is 0.219 e. The van der Waals surface area contributed by atoms with Crippen LogP contribution in [0.1, 0.15) is 84.4 Å². The summed E-state index contributed by atoms with van der Waals surface area (Å²) in [5, 5.41) is 0. The molecule has 2 aromatic heterocycles. The summed E-state index contributed by atoms with van der Waals surface area (Å²) in [5.41, 5.74) is 1.97. The molecule has 4 rings (SSSR count). The highest BCUT2D eigenvalue weighted by Gasteiger charge is 2.30. The minimum atomic E-state index is -0.147. The fourth-order valence-corrected chi connectivity index (χ4v) is 5.28. The fourth-order valence-electron chi connectivity index (χ4n) is 5.28. The molecule has 0 saturated carbocycles. The average molecular weight is 524 g/mol. The van der Waals surface area contributed by atoms with Crippen molar-refractivity contribution in [1.29, 1.82) is 0 Å². The molecule has 0 atom stereocenters. The number of nitrogens with zero attached hydrogens (tertiary/aromatic N) is 5. The maximum atomic E-state index is 11.6. The molecule has 0 aliphatic carbocycles. The lowest BCUT2D eigenvalue weighted by Crippen LogP contribution is -2.40. The van der Waals surface area contributed by atoms with Crippen molar-refractivity contribution in [3.63, 3.8) is 0 Å². The van der Waals surface area contributed by atoms with Crippen LogP contribution < -0.4 is 9.47 Å². The summed E-state index contributed by atoms with van der Waals surface area (Å²) in [6.07, 6.45) is 11.5. The van der Waals surface area contributed by atoms with Crippen LogP contribution in [0.15, 0.2) is 30.9 Å². The second-order valence-corrected chi connectivity index (χ2v) is 12.4. The van der Waals surface area contributed by atoms with Crippen LogP contribution in [-0.4, -0.2) is 76.1 Å². The number of piperidine rings is 2. The van der Waals surface area contributed by atoms with E-state index in [1.165, 1.54) is 5.56 Å². The Balaban J connectivity index is 1.35. The van der Waals surface area contributed by atoms with Crippen LogP contribution in [0.4, 0.5) is 0 Å². The molecule has 0 radical (unpaired) electrons. The Morgan fingerprint density at radius 3 is 2.21 bits per heavy atom. The molecule has 2 saturated heterocycles. The van der Waals surface area contributed by atoms with Gasteiger partial charge in [0.2, 0.25) is 11.8 Å². The number of likely N-dealkylation sites (tertiary alicyclic amines) is 2. The highest BCUT2D eigenvalue weighted by Crippen LogP contribution is 2.37. The highest BCUT2D eigenvalue weighted by atomic mass is 16.5. The van der Waals surface area contributed by atoms with Crippen LogP contribution in [0.2, 0.25) is 0 Å². The lowest BCUT2D eigenvalue weighted by molar-refractivity contribution is -0.130. The molecular formula is C30H45N5O3. The van der Waals surface area contributed by atoms with Gasteiger partial charge >= 0.3 is 0 Å². The number of carbonyl (C=O) groups is 1. The second kappa shape index (κ2) is 12.0. The third-order valence-electron chi connectivity index (χ3n) is 8.35. The van der Waals surface area contributed by atoms with Crippen LogP contribution in [0.5, 0.6) is 11.6 Å².